The lowest BCUT2D eigenvalue weighted by molar-refractivity contribution is 0.248. The van der Waals surface area contributed by atoms with E-state index in [-0.39, 0.29) is 4.90 Å². The second-order valence-corrected chi connectivity index (χ2v) is 5.48. The molecule has 7 heteroatoms. The minimum Gasteiger partial charge on any atom is -0.391 e. The van der Waals surface area contributed by atoms with Crippen molar-refractivity contribution in [3.8, 4) is 0 Å². The number of anilines is 1. The third-order valence-electron chi connectivity index (χ3n) is 2.02. The lowest BCUT2D eigenvalue weighted by atomic mass is 10.3. The van der Waals surface area contributed by atoms with E-state index in [1.807, 2.05) is 0 Å². The van der Waals surface area contributed by atoms with Gasteiger partial charge < -0.3 is 10.4 Å². The highest BCUT2D eigenvalue weighted by molar-refractivity contribution is 7.89. The van der Waals surface area contributed by atoms with Crippen molar-refractivity contribution in [1.29, 1.82) is 0 Å². The van der Waals surface area contributed by atoms with Crippen LogP contribution in [0.4, 0.5) is 5.69 Å². The van der Waals surface area contributed by atoms with E-state index >= 15 is 0 Å². The van der Waals surface area contributed by atoms with E-state index in [0.717, 1.165) is 0 Å². The molecule has 1 aliphatic heterocycles. The van der Waals surface area contributed by atoms with Crippen LogP contribution in [0.2, 0.25) is 0 Å². The Hall–Kier alpha value is -0.820. The SMILES string of the molecule is O=S1(=O)NC(Cl)(CO)Nc2ccccc21. The van der Waals surface area contributed by atoms with Crippen LogP contribution in [0.25, 0.3) is 0 Å². The molecular formula is C8H9ClN2O3S. The van der Waals surface area contributed by atoms with Gasteiger partial charge in [0.05, 0.1) is 12.3 Å². The summed E-state index contributed by atoms with van der Waals surface area (Å²) in [4.78, 5) is 0.120. The van der Waals surface area contributed by atoms with Crippen molar-refractivity contribution in [1.82, 2.24) is 4.72 Å². The first-order chi connectivity index (χ1) is 6.97. The Kier molecular flexibility index (Phi) is 2.38. The second-order valence-electron chi connectivity index (χ2n) is 3.19. The summed E-state index contributed by atoms with van der Waals surface area (Å²) in [5, 5.41) is 10.1. The maximum absolute atomic E-state index is 11.7. The number of fused-ring (bicyclic) bond motifs is 1. The Morgan fingerprint density at radius 1 is 1.40 bits per heavy atom. The lowest BCUT2D eigenvalue weighted by Crippen LogP contribution is -2.55. The van der Waals surface area contributed by atoms with Crippen LogP contribution in [0.3, 0.4) is 0 Å². The largest absolute Gasteiger partial charge is 0.391 e. The molecule has 3 N–H and O–H groups in total. The maximum atomic E-state index is 11.7. The van der Waals surface area contributed by atoms with Gasteiger partial charge in [0.15, 0.2) is 0 Å². The van der Waals surface area contributed by atoms with E-state index in [9.17, 15) is 8.42 Å². The van der Waals surface area contributed by atoms with Crippen LogP contribution in [-0.2, 0) is 10.0 Å². The van der Waals surface area contributed by atoms with Gasteiger partial charge in [-0.15, -0.1) is 0 Å². The van der Waals surface area contributed by atoms with Gasteiger partial charge in [0.2, 0.25) is 15.1 Å². The first-order valence-corrected chi connectivity index (χ1v) is 6.04. The molecule has 1 unspecified atom stereocenters. The van der Waals surface area contributed by atoms with Crippen molar-refractivity contribution in [3.05, 3.63) is 24.3 Å². The Labute approximate surface area is 92.1 Å². The number of hydrogen-bond acceptors (Lipinski definition) is 4. The molecule has 1 aromatic rings. The van der Waals surface area contributed by atoms with Gasteiger partial charge in [-0.1, -0.05) is 23.7 Å². The fraction of sp³-hybridized carbons (Fsp3) is 0.250. The van der Waals surface area contributed by atoms with Crippen molar-refractivity contribution >= 4 is 27.3 Å². The summed E-state index contributed by atoms with van der Waals surface area (Å²) in [6, 6.07) is 6.33. The van der Waals surface area contributed by atoms with Gasteiger partial charge in [0.1, 0.15) is 4.90 Å². The van der Waals surface area contributed by atoms with Crippen LogP contribution in [0.5, 0.6) is 0 Å². The molecule has 0 radical (unpaired) electrons. The Balaban J connectivity index is 2.58. The monoisotopic (exact) mass is 248 g/mol. The van der Waals surface area contributed by atoms with E-state index in [4.69, 9.17) is 16.7 Å². The van der Waals surface area contributed by atoms with Crippen molar-refractivity contribution in [3.63, 3.8) is 0 Å². The highest BCUT2D eigenvalue weighted by atomic mass is 35.5. The van der Waals surface area contributed by atoms with Gasteiger partial charge in [-0.2, -0.15) is 4.72 Å². The number of nitrogens with one attached hydrogen (secondary N) is 2. The minimum absolute atomic E-state index is 0.120. The zero-order valence-corrected chi connectivity index (χ0v) is 9.14. The highest BCUT2D eigenvalue weighted by Gasteiger charge is 2.38. The molecule has 82 valence electrons. The number of halogens is 1. The number of hydrogen-bond donors (Lipinski definition) is 3. The smallest absolute Gasteiger partial charge is 0.245 e. The lowest BCUT2D eigenvalue weighted by Gasteiger charge is -2.33. The molecule has 2 rings (SSSR count). The molecule has 0 spiro atoms. The molecule has 1 heterocycles. The van der Waals surface area contributed by atoms with Crippen LogP contribution in [0.1, 0.15) is 0 Å². The Bertz CT molecular complexity index is 490. The number of rotatable bonds is 1. The molecule has 0 aliphatic carbocycles. The predicted molar refractivity (Wildman–Crippen MR) is 56.1 cm³/mol. The number of benzene rings is 1. The third-order valence-corrected chi connectivity index (χ3v) is 4.00. The third kappa shape index (κ3) is 1.81. The fourth-order valence-electron chi connectivity index (χ4n) is 1.38. The van der Waals surface area contributed by atoms with E-state index < -0.39 is 21.8 Å². The van der Waals surface area contributed by atoms with Crippen LogP contribution >= 0.6 is 11.6 Å². The number of aliphatic hydroxyl groups excluding tert-OH is 1. The zero-order valence-electron chi connectivity index (χ0n) is 7.57. The summed E-state index contributed by atoms with van der Waals surface area (Å²) in [5.74, 6) is 0. The van der Waals surface area contributed by atoms with Crippen LogP contribution in [0.15, 0.2) is 29.2 Å². The predicted octanol–water partition coefficient (Wildman–Crippen LogP) is 0.275. The van der Waals surface area contributed by atoms with Crippen molar-refractivity contribution in [2.45, 2.75) is 10.0 Å². The summed E-state index contributed by atoms with van der Waals surface area (Å²) in [6.45, 7) is -0.553. The first kappa shape index (κ1) is 10.7. The average molecular weight is 249 g/mol. The van der Waals surface area contributed by atoms with Gasteiger partial charge in [-0.25, -0.2) is 8.42 Å². The van der Waals surface area contributed by atoms with Crippen LogP contribution < -0.4 is 10.0 Å². The zero-order chi connectivity index (χ0) is 11.1. The average Bonchev–Trinajstić information content (AvgIpc) is 2.16. The van der Waals surface area contributed by atoms with Crippen molar-refractivity contribution in [2.75, 3.05) is 11.9 Å². The molecule has 0 fully saturated rings. The van der Waals surface area contributed by atoms with Crippen LogP contribution in [0, 0.1) is 0 Å². The first-order valence-electron chi connectivity index (χ1n) is 4.18. The quantitative estimate of drug-likeness (QED) is 0.493. The molecule has 0 saturated heterocycles. The molecule has 15 heavy (non-hydrogen) atoms. The normalized spacial score (nSPS) is 27.9. The van der Waals surface area contributed by atoms with Gasteiger partial charge in [0.25, 0.3) is 0 Å². The van der Waals surface area contributed by atoms with Crippen LogP contribution in [-0.4, -0.2) is 25.3 Å². The highest BCUT2D eigenvalue weighted by Crippen LogP contribution is 2.30. The summed E-state index contributed by atoms with van der Waals surface area (Å²) in [7, 11) is -3.67. The van der Waals surface area contributed by atoms with E-state index in [0.29, 0.717) is 5.69 Å². The molecule has 0 bridgehead atoms. The minimum atomic E-state index is -3.67. The second kappa shape index (κ2) is 3.34. The summed E-state index contributed by atoms with van der Waals surface area (Å²) < 4.78 is 25.6. The number of aliphatic hydroxyl groups is 1. The van der Waals surface area contributed by atoms with Crippen molar-refractivity contribution < 1.29 is 13.5 Å². The van der Waals surface area contributed by atoms with Gasteiger partial charge in [-0.3, -0.25) is 0 Å². The Morgan fingerprint density at radius 2 is 2.07 bits per heavy atom. The number of para-hydroxylation sites is 1. The Morgan fingerprint density at radius 3 is 2.73 bits per heavy atom. The molecule has 0 saturated carbocycles. The van der Waals surface area contributed by atoms with Gasteiger partial charge in [-0.05, 0) is 12.1 Å². The molecule has 1 atom stereocenters. The number of sulfonamides is 1. The molecule has 0 aromatic heterocycles. The number of alkyl halides is 1. The summed E-state index contributed by atoms with van der Waals surface area (Å²) in [6.07, 6.45) is 0. The topological polar surface area (TPSA) is 78.4 Å². The summed E-state index contributed by atoms with van der Waals surface area (Å²) >= 11 is 5.82. The van der Waals surface area contributed by atoms with E-state index in [1.54, 1.807) is 18.2 Å². The van der Waals surface area contributed by atoms with Gasteiger partial charge >= 0.3 is 0 Å². The molecule has 1 aliphatic rings. The maximum Gasteiger partial charge on any atom is 0.245 e. The summed E-state index contributed by atoms with van der Waals surface area (Å²) in [5.41, 5.74) is 0.375. The van der Waals surface area contributed by atoms with Gasteiger partial charge in [0, 0.05) is 0 Å². The molecule has 0 amide bonds. The van der Waals surface area contributed by atoms with E-state index in [2.05, 4.69) is 10.0 Å². The van der Waals surface area contributed by atoms with E-state index in [1.165, 1.54) is 6.07 Å². The van der Waals surface area contributed by atoms with Crippen molar-refractivity contribution in [2.24, 2.45) is 0 Å². The molecule has 1 aromatic carbocycles. The molecule has 5 nitrogen and oxygen atoms in total. The molecular weight excluding hydrogens is 240 g/mol. The fourth-order valence-corrected chi connectivity index (χ4v) is 3.11. The standard InChI is InChI=1S/C8H9ClN2O3S/c9-8(5-12)10-6-3-1-2-4-7(6)15(13,14)11-8/h1-4,10-12H,5H2.